The van der Waals surface area contributed by atoms with Crippen molar-refractivity contribution >= 4 is 5.97 Å². The zero-order valence-corrected chi connectivity index (χ0v) is 23.1. The third-order valence-electron chi connectivity index (χ3n) is 11.7. The molecule has 0 aliphatic heterocycles. The lowest BCUT2D eigenvalue weighted by molar-refractivity contribution is -0.192. The van der Waals surface area contributed by atoms with E-state index >= 15 is 0 Å². The summed E-state index contributed by atoms with van der Waals surface area (Å²) in [5.74, 6) is 5.85. The Morgan fingerprint density at radius 2 is 1.79 bits per heavy atom. The van der Waals surface area contributed by atoms with Gasteiger partial charge in [-0.3, -0.25) is 4.79 Å². The molecule has 0 saturated heterocycles. The van der Waals surface area contributed by atoms with Crippen LogP contribution in [-0.4, -0.2) is 12.1 Å². The monoisotopic (exact) mass is 470 g/mol. The highest BCUT2D eigenvalue weighted by atomic mass is 16.5. The van der Waals surface area contributed by atoms with E-state index in [1.807, 2.05) is 6.08 Å². The molecule has 4 rings (SSSR count). The summed E-state index contributed by atoms with van der Waals surface area (Å²) in [4.78, 5) is 12.7. The molecule has 9 atom stereocenters. The Morgan fingerprint density at radius 1 is 1.00 bits per heavy atom. The second-order valence-electron chi connectivity index (χ2n) is 13.8. The standard InChI is InChI=1S/C32H54O2/c1-7-8-15-30(33)34-29-14-10-13-24-16-17-25-27-19-18-26(23(4)12-9-11-22(2)3)31(27,5)21-20-28(25)32(24,29)6/h7,22-29H,1,8-21H2,2-6H3/t23-,24?,25+,26-,27+,28+,29?,31-,32+/m1/s1. The van der Waals surface area contributed by atoms with Crippen LogP contribution in [0.5, 0.6) is 0 Å². The molecule has 0 N–H and O–H groups in total. The van der Waals surface area contributed by atoms with Crippen LogP contribution in [0.3, 0.4) is 0 Å². The summed E-state index contributed by atoms with van der Waals surface area (Å²) in [7, 11) is 0. The number of rotatable bonds is 9. The first kappa shape index (κ1) is 26.3. The van der Waals surface area contributed by atoms with Crippen LogP contribution in [0.4, 0.5) is 0 Å². The number of hydrogen-bond acceptors (Lipinski definition) is 2. The SMILES string of the molecule is C=CCCC(=O)OC1CCCC2CC[C@@H]3[C@H](CC[C@]4(C)[C@@H]([C@H](C)CCCC(C)C)CC[C@@H]34)[C@]21C. The van der Waals surface area contributed by atoms with Crippen molar-refractivity contribution in [2.75, 3.05) is 0 Å². The molecule has 4 fully saturated rings. The minimum Gasteiger partial charge on any atom is -0.462 e. The molecule has 0 bridgehead atoms. The van der Waals surface area contributed by atoms with E-state index in [1.54, 1.807) is 0 Å². The number of esters is 1. The van der Waals surface area contributed by atoms with E-state index in [-0.39, 0.29) is 17.5 Å². The first-order chi connectivity index (χ1) is 16.2. The van der Waals surface area contributed by atoms with Crippen LogP contribution in [-0.2, 0) is 9.53 Å². The van der Waals surface area contributed by atoms with Gasteiger partial charge in [0, 0.05) is 11.8 Å². The van der Waals surface area contributed by atoms with Crippen LogP contribution in [0.25, 0.3) is 0 Å². The van der Waals surface area contributed by atoms with Crippen molar-refractivity contribution in [3.8, 4) is 0 Å². The maximum atomic E-state index is 12.7. The molecule has 4 saturated carbocycles. The number of ether oxygens (including phenoxy) is 1. The average Bonchev–Trinajstić information content (AvgIpc) is 3.15. The molecule has 2 nitrogen and oxygen atoms in total. The minimum absolute atomic E-state index is 0.00528. The number of fused-ring (bicyclic) bond motifs is 5. The van der Waals surface area contributed by atoms with Gasteiger partial charge in [0.2, 0.25) is 0 Å². The van der Waals surface area contributed by atoms with Crippen molar-refractivity contribution < 1.29 is 9.53 Å². The lowest BCUT2D eigenvalue weighted by Gasteiger charge is -2.62. The summed E-state index contributed by atoms with van der Waals surface area (Å²) in [5, 5.41) is 0. The molecule has 0 aromatic heterocycles. The van der Waals surface area contributed by atoms with Gasteiger partial charge in [0.25, 0.3) is 0 Å². The highest BCUT2D eigenvalue weighted by molar-refractivity contribution is 5.69. The van der Waals surface area contributed by atoms with Crippen molar-refractivity contribution in [1.29, 1.82) is 0 Å². The molecular weight excluding hydrogens is 416 g/mol. The number of allylic oxidation sites excluding steroid dienone is 1. The molecule has 4 aliphatic carbocycles. The zero-order valence-electron chi connectivity index (χ0n) is 23.1. The van der Waals surface area contributed by atoms with E-state index in [0.717, 1.165) is 54.3 Å². The first-order valence-electron chi connectivity index (χ1n) is 15.0. The Bertz CT molecular complexity index is 712. The van der Waals surface area contributed by atoms with Crippen LogP contribution < -0.4 is 0 Å². The Morgan fingerprint density at radius 3 is 2.53 bits per heavy atom. The second-order valence-corrected chi connectivity index (χ2v) is 13.8. The molecule has 34 heavy (non-hydrogen) atoms. The molecule has 0 amide bonds. The van der Waals surface area contributed by atoms with Crippen molar-refractivity contribution in [2.45, 2.75) is 131 Å². The van der Waals surface area contributed by atoms with Crippen LogP contribution >= 0.6 is 0 Å². The smallest absolute Gasteiger partial charge is 0.306 e. The highest BCUT2D eigenvalue weighted by Crippen LogP contribution is 2.68. The predicted octanol–water partition coefficient (Wildman–Crippen LogP) is 8.99. The van der Waals surface area contributed by atoms with E-state index < -0.39 is 0 Å². The maximum Gasteiger partial charge on any atom is 0.306 e. The zero-order chi connectivity index (χ0) is 24.5. The fourth-order valence-corrected chi connectivity index (χ4v) is 9.94. The summed E-state index contributed by atoms with van der Waals surface area (Å²) >= 11 is 0. The summed E-state index contributed by atoms with van der Waals surface area (Å²) in [6.45, 7) is 16.3. The summed E-state index contributed by atoms with van der Waals surface area (Å²) in [6, 6.07) is 0. The minimum atomic E-state index is 0.00528. The maximum absolute atomic E-state index is 12.7. The second kappa shape index (κ2) is 10.7. The molecule has 2 unspecified atom stereocenters. The van der Waals surface area contributed by atoms with Gasteiger partial charge >= 0.3 is 5.97 Å². The largest absolute Gasteiger partial charge is 0.462 e. The van der Waals surface area contributed by atoms with Gasteiger partial charge in [-0.15, -0.1) is 6.58 Å². The van der Waals surface area contributed by atoms with Gasteiger partial charge in [-0.05, 0) is 111 Å². The van der Waals surface area contributed by atoms with Crippen molar-refractivity contribution in [1.82, 2.24) is 0 Å². The lowest BCUT2D eigenvalue weighted by atomic mass is 9.44. The first-order valence-corrected chi connectivity index (χ1v) is 15.0. The van der Waals surface area contributed by atoms with E-state index in [0.29, 0.717) is 11.8 Å². The molecule has 194 valence electrons. The van der Waals surface area contributed by atoms with Gasteiger partial charge in [0.05, 0.1) is 0 Å². The summed E-state index contributed by atoms with van der Waals surface area (Å²) < 4.78 is 6.29. The van der Waals surface area contributed by atoms with Crippen LogP contribution in [0, 0.1) is 52.3 Å². The third kappa shape index (κ3) is 4.78. The van der Waals surface area contributed by atoms with Gasteiger partial charge in [0.1, 0.15) is 6.10 Å². The van der Waals surface area contributed by atoms with Crippen LogP contribution in [0.1, 0.15) is 125 Å². The normalized spacial score (nSPS) is 42.4. The number of hydrogen-bond donors (Lipinski definition) is 0. The summed E-state index contributed by atoms with van der Waals surface area (Å²) in [5.41, 5.74) is 0.722. The topological polar surface area (TPSA) is 26.3 Å². The Kier molecular flexibility index (Phi) is 8.25. The average molecular weight is 471 g/mol. The Balaban J connectivity index is 1.49. The van der Waals surface area contributed by atoms with Crippen LogP contribution in [0.15, 0.2) is 12.7 Å². The van der Waals surface area contributed by atoms with Gasteiger partial charge < -0.3 is 4.74 Å². The fourth-order valence-electron chi connectivity index (χ4n) is 9.94. The van der Waals surface area contributed by atoms with Gasteiger partial charge in [0.15, 0.2) is 0 Å². The highest BCUT2D eigenvalue weighted by Gasteiger charge is 2.62. The number of carbonyl (C=O) groups is 1. The van der Waals surface area contributed by atoms with Gasteiger partial charge in [-0.1, -0.05) is 60.0 Å². The van der Waals surface area contributed by atoms with E-state index in [1.165, 1.54) is 70.6 Å². The molecule has 0 aromatic carbocycles. The quantitative estimate of drug-likeness (QED) is 0.248. The van der Waals surface area contributed by atoms with Crippen molar-refractivity contribution in [2.24, 2.45) is 52.3 Å². The molecule has 0 radical (unpaired) electrons. The van der Waals surface area contributed by atoms with E-state index in [2.05, 4.69) is 41.2 Å². The van der Waals surface area contributed by atoms with Crippen molar-refractivity contribution in [3.05, 3.63) is 12.7 Å². The molecule has 0 heterocycles. The molecule has 2 heteroatoms. The lowest BCUT2D eigenvalue weighted by Crippen LogP contribution is -2.58. The van der Waals surface area contributed by atoms with E-state index in [9.17, 15) is 4.79 Å². The molecule has 0 spiro atoms. The Labute approximate surface area is 211 Å². The number of carbonyl (C=O) groups excluding carboxylic acids is 1. The molecule has 0 aromatic rings. The van der Waals surface area contributed by atoms with Crippen LogP contribution in [0.2, 0.25) is 0 Å². The summed E-state index contributed by atoms with van der Waals surface area (Å²) in [6.07, 6.45) is 19.5. The van der Waals surface area contributed by atoms with Gasteiger partial charge in [-0.25, -0.2) is 0 Å². The molecule has 4 aliphatic rings. The predicted molar refractivity (Wildman–Crippen MR) is 142 cm³/mol. The molecular formula is C32H54O2. The third-order valence-corrected chi connectivity index (χ3v) is 11.7. The Hall–Kier alpha value is -0.790. The van der Waals surface area contributed by atoms with Gasteiger partial charge in [-0.2, -0.15) is 0 Å². The van der Waals surface area contributed by atoms with E-state index in [4.69, 9.17) is 4.74 Å². The fraction of sp³-hybridized carbons (Fsp3) is 0.906. The van der Waals surface area contributed by atoms with Crippen molar-refractivity contribution in [3.63, 3.8) is 0 Å².